The molecule has 0 aliphatic heterocycles. The Morgan fingerprint density at radius 2 is 2.03 bits per heavy atom. The van der Waals surface area contributed by atoms with Gasteiger partial charge in [0.15, 0.2) is 10.6 Å². The summed E-state index contributed by atoms with van der Waals surface area (Å²) in [6, 6.07) is 5.78. The second kappa shape index (κ2) is 9.80. The number of benzene rings is 1. The maximum absolute atomic E-state index is 13.0. The van der Waals surface area contributed by atoms with Crippen molar-refractivity contribution in [2.75, 3.05) is 13.6 Å². The number of carbonyl (C=O) groups is 1. The summed E-state index contributed by atoms with van der Waals surface area (Å²) in [5, 5.41) is 7.47. The third-order valence-corrected chi connectivity index (χ3v) is 4.23. The molecule has 0 fully saturated rings. The molecule has 2 aromatic rings. The SMILES string of the molecule is C=CCn1c(COc2ccc(F)cc2)nn(CN(C)CC(=O)NC(C)(C)C)c1=S. The topological polar surface area (TPSA) is 64.3 Å². The summed E-state index contributed by atoms with van der Waals surface area (Å²) in [6.45, 7) is 10.8. The first kappa shape index (κ1) is 22.8. The van der Waals surface area contributed by atoms with Gasteiger partial charge in [-0.05, 0) is 64.3 Å². The molecule has 0 bridgehead atoms. The van der Waals surface area contributed by atoms with E-state index < -0.39 is 0 Å². The van der Waals surface area contributed by atoms with Crippen LogP contribution in [0, 0.1) is 10.6 Å². The molecule has 0 aliphatic carbocycles. The summed E-state index contributed by atoms with van der Waals surface area (Å²) in [7, 11) is 1.82. The molecule has 1 amide bonds. The Balaban J connectivity index is 2.09. The van der Waals surface area contributed by atoms with Gasteiger partial charge in [-0.2, -0.15) is 5.10 Å². The molecule has 0 spiro atoms. The highest BCUT2D eigenvalue weighted by molar-refractivity contribution is 7.71. The molecule has 1 aromatic heterocycles. The first-order valence-electron chi connectivity index (χ1n) is 9.24. The van der Waals surface area contributed by atoms with Crippen molar-refractivity contribution in [2.24, 2.45) is 0 Å². The Hall–Kier alpha value is -2.52. The van der Waals surface area contributed by atoms with Crippen LogP contribution >= 0.6 is 12.2 Å². The van der Waals surface area contributed by atoms with Crippen LogP contribution in [0.1, 0.15) is 26.6 Å². The van der Waals surface area contributed by atoms with Gasteiger partial charge in [0.1, 0.15) is 18.2 Å². The molecule has 0 aliphatic rings. The number of carbonyl (C=O) groups excluding carboxylic acids is 1. The smallest absolute Gasteiger partial charge is 0.234 e. The number of nitrogens with zero attached hydrogens (tertiary/aromatic N) is 4. The number of nitrogens with one attached hydrogen (secondary N) is 1. The predicted molar refractivity (Wildman–Crippen MR) is 113 cm³/mol. The average Bonchev–Trinajstić information content (AvgIpc) is 2.88. The first-order chi connectivity index (χ1) is 13.6. The maximum Gasteiger partial charge on any atom is 0.234 e. The Kier molecular flexibility index (Phi) is 7.69. The van der Waals surface area contributed by atoms with Crippen LogP contribution in [0.3, 0.4) is 0 Å². The molecule has 1 heterocycles. The Morgan fingerprint density at radius 3 is 2.62 bits per heavy atom. The number of ether oxygens (including phenoxy) is 1. The Labute approximate surface area is 175 Å². The molecule has 1 aromatic carbocycles. The molecule has 0 atom stereocenters. The second-order valence-electron chi connectivity index (χ2n) is 7.79. The van der Waals surface area contributed by atoms with E-state index in [2.05, 4.69) is 17.0 Å². The molecule has 9 heteroatoms. The van der Waals surface area contributed by atoms with E-state index in [4.69, 9.17) is 17.0 Å². The van der Waals surface area contributed by atoms with Gasteiger partial charge in [-0.3, -0.25) is 14.3 Å². The van der Waals surface area contributed by atoms with Crippen LogP contribution in [-0.4, -0.2) is 44.3 Å². The van der Waals surface area contributed by atoms with Crippen molar-refractivity contribution in [3.63, 3.8) is 0 Å². The van der Waals surface area contributed by atoms with Crippen LogP contribution in [0.5, 0.6) is 5.75 Å². The molecule has 1 N–H and O–H groups in total. The van der Waals surface area contributed by atoms with Gasteiger partial charge in [0.2, 0.25) is 5.91 Å². The van der Waals surface area contributed by atoms with E-state index in [1.165, 1.54) is 12.1 Å². The molecule has 7 nitrogen and oxygen atoms in total. The summed E-state index contributed by atoms with van der Waals surface area (Å²) in [5.74, 6) is 0.756. The molecular weight excluding hydrogens is 393 g/mol. The highest BCUT2D eigenvalue weighted by Gasteiger charge is 2.17. The van der Waals surface area contributed by atoms with E-state index in [9.17, 15) is 9.18 Å². The highest BCUT2D eigenvalue weighted by atomic mass is 32.1. The van der Waals surface area contributed by atoms with E-state index >= 15 is 0 Å². The van der Waals surface area contributed by atoms with Crippen molar-refractivity contribution in [2.45, 2.75) is 46.1 Å². The molecule has 0 saturated carbocycles. The van der Waals surface area contributed by atoms with Gasteiger partial charge >= 0.3 is 0 Å². The van der Waals surface area contributed by atoms with Gasteiger partial charge in [0.05, 0.1) is 13.2 Å². The van der Waals surface area contributed by atoms with Crippen LogP contribution < -0.4 is 10.1 Å². The summed E-state index contributed by atoms with van der Waals surface area (Å²) in [4.78, 5) is 14.0. The van der Waals surface area contributed by atoms with E-state index in [-0.39, 0.29) is 30.4 Å². The zero-order valence-electron chi connectivity index (χ0n) is 17.3. The number of likely N-dealkylation sites (N-methyl/N-ethyl adjacent to an activating group) is 1. The second-order valence-corrected chi connectivity index (χ2v) is 8.16. The minimum absolute atomic E-state index is 0.0723. The molecule has 0 unspecified atom stereocenters. The lowest BCUT2D eigenvalue weighted by Gasteiger charge is -2.23. The molecule has 158 valence electrons. The normalized spacial score (nSPS) is 11.5. The number of aromatic nitrogens is 3. The monoisotopic (exact) mass is 421 g/mol. The first-order valence-corrected chi connectivity index (χ1v) is 9.65. The lowest BCUT2D eigenvalue weighted by atomic mass is 10.1. The number of allylic oxidation sites excluding steroid dienone is 1. The van der Waals surface area contributed by atoms with Gasteiger partial charge in [-0.15, -0.1) is 6.58 Å². The van der Waals surface area contributed by atoms with Crippen LogP contribution in [-0.2, 0) is 24.6 Å². The molecule has 0 radical (unpaired) electrons. The summed E-state index contributed by atoms with van der Waals surface area (Å²) in [5.41, 5.74) is -0.287. The van der Waals surface area contributed by atoms with Gasteiger partial charge in [0, 0.05) is 12.1 Å². The fraction of sp³-hybridized carbons (Fsp3) is 0.450. The number of rotatable bonds is 9. The van der Waals surface area contributed by atoms with E-state index in [1.807, 2.05) is 37.3 Å². The highest BCUT2D eigenvalue weighted by Crippen LogP contribution is 2.14. The fourth-order valence-electron chi connectivity index (χ4n) is 2.66. The fourth-order valence-corrected chi connectivity index (χ4v) is 2.94. The minimum atomic E-state index is -0.324. The predicted octanol–water partition coefficient (Wildman–Crippen LogP) is 3.12. The quantitative estimate of drug-likeness (QED) is 0.498. The van der Waals surface area contributed by atoms with Crippen LogP contribution in [0.4, 0.5) is 4.39 Å². The molecular formula is C20H28FN5O2S. The van der Waals surface area contributed by atoms with E-state index in [1.54, 1.807) is 22.9 Å². The number of halogens is 1. The van der Waals surface area contributed by atoms with Gasteiger partial charge in [-0.1, -0.05) is 6.08 Å². The van der Waals surface area contributed by atoms with Crippen molar-refractivity contribution in [3.8, 4) is 5.75 Å². The Bertz CT molecular complexity index is 899. The zero-order valence-corrected chi connectivity index (χ0v) is 18.1. The number of amides is 1. The average molecular weight is 422 g/mol. The van der Waals surface area contributed by atoms with Crippen molar-refractivity contribution in [1.82, 2.24) is 24.6 Å². The number of hydrogen-bond acceptors (Lipinski definition) is 5. The van der Waals surface area contributed by atoms with E-state index in [0.29, 0.717) is 29.6 Å². The van der Waals surface area contributed by atoms with Crippen molar-refractivity contribution < 1.29 is 13.9 Å². The van der Waals surface area contributed by atoms with Crippen molar-refractivity contribution in [3.05, 3.63) is 53.3 Å². The van der Waals surface area contributed by atoms with Crippen LogP contribution in [0.2, 0.25) is 0 Å². The summed E-state index contributed by atoms with van der Waals surface area (Å²) >= 11 is 5.53. The Morgan fingerprint density at radius 1 is 1.38 bits per heavy atom. The van der Waals surface area contributed by atoms with Crippen molar-refractivity contribution in [1.29, 1.82) is 0 Å². The third kappa shape index (κ3) is 7.10. The van der Waals surface area contributed by atoms with Gasteiger partial charge in [0.25, 0.3) is 0 Å². The summed E-state index contributed by atoms with van der Waals surface area (Å²) in [6.07, 6.45) is 1.73. The lowest BCUT2D eigenvalue weighted by Crippen LogP contribution is -2.45. The van der Waals surface area contributed by atoms with Crippen molar-refractivity contribution >= 4 is 18.1 Å². The van der Waals surface area contributed by atoms with Gasteiger partial charge < -0.3 is 10.1 Å². The van der Waals surface area contributed by atoms with Crippen LogP contribution in [0.15, 0.2) is 36.9 Å². The van der Waals surface area contributed by atoms with Crippen LogP contribution in [0.25, 0.3) is 0 Å². The lowest BCUT2D eigenvalue weighted by molar-refractivity contribution is -0.123. The third-order valence-electron chi connectivity index (χ3n) is 3.80. The standard InChI is InChI=1S/C20H28FN5O2S/c1-6-11-25-17(13-28-16-9-7-15(21)8-10-16)23-26(19(25)29)14-24(5)12-18(27)22-20(2,3)4/h6-10H,1,11-14H2,2-5H3,(H,22,27). The maximum atomic E-state index is 13.0. The largest absolute Gasteiger partial charge is 0.486 e. The number of hydrogen-bond donors (Lipinski definition) is 1. The van der Waals surface area contributed by atoms with E-state index in [0.717, 1.165) is 0 Å². The summed E-state index contributed by atoms with van der Waals surface area (Å²) < 4.78 is 22.7. The molecule has 0 saturated heterocycles. The zero-order chi connectivity index (χ0) is 21.6. The van der Waals surface area contributed by atoms with Gasteiger partial charge in [-0.25, -0.2) is 9.07 Å². The molecule has 29 heavy (non-hydrogen) atoms. The minimum Gasteiger partial charge on any atom is -0.486 e. The molecule has 2 rings (SSSR count).